The lowest BCUT2D eigenvalue weighted by Gasteiger charge is -2.35. The Hall–Kier alpha value is -0.0500. The fourth-order valence-corrected chi connectivity index (χ4v) is 2.59. The van der Waals surface area contributed by atoms with E-state index in [1.165, 1.54) is 0 Å². The molecule has 0 saturated heterocycles. The fourth-order valence-electron chi connectivity index (χ4n) is 0.863. The maximum Gasteiger partial charge on any atom is 0.120 e. The summed E-state index contributed by atoms with van der Waals surface area (Å²) in [5.41, 5.74) is 5.19. The van der Waals surface area contributed by atoms with Gasteiger partial charge in [-0.2, -0.15) is 0 Å². The van der Waals surface area contributed by atoms with Crippen molar-refractivity contribution in [3.8, 4) is 0 Å². The molecule has 0 aromatic rings. The summed E-state index contributed by atoms with van der Waals surface area (Å²) >= 11 is 0. The SMILES string of the molecule is C[N+](C)(C)CCS(=O)(O)(CCN)OO. The van der Waals surface area contributed by atoms with Gasteiger partial charge in [0.2, 0.25) is 0 Å². The molecule has 7 heteroatoms. The van der Waals surface area contributed by atoms with Crippen molar-refractivity contribution in [3.63, 3.8) is 0 Å². The lowest BCUT2D eigenvalue weighted by molar-refractivity contribution is -0.867. The molecule has 0 unspecified atom stereocenters. The molecule has 0 spiro atoms. The van der Waals surface area contributed by atoms with Gasteiger partial charge in [0.25, 0.3) is 0 Å². The Bertz CT molecular complexity index is 251. The first-order valence-corrected chi connectivity index (χ1v) is 6.53. The lowest BCUT2D eigenvalue weighted by atomic mass is 10.6. The molecule has 0 saturated carbocycles. The maximum atomic E-state index is 11.8. The van der Waals surface area contributed by atoms with Crippen molar-refractivity contribution in [1.82, 2.24) is 0 Å². The molecule has 0 aromatic carbocycles. The normalized spacial score (nSPS) is 16.3. The summed E-state index contributed by atoms with van der Waals surface area (Å²) < 4.78 is 25.7. The summed E-state index contributed by atoms with van der Waals surface area (Å²) in [6.07, 6.45) is 0. The number of quaternary nitrogens is 1. The number of nitrogens with two attached hydrogens (primary N) is 1. The van der Waals surface area contributed by atoms with Crippen molar-refractivity contribution < 1.29 is 22.8 Å². The van der Waals surface area contributed by atoms with Crippen LogP contribution in [0.2, 0.25) is 0 Å². The molecular weight excluding hydrogens is 208 g/mol. The van der Waals surface area contributed by atoms with E-state index in [9.17, 15) is 8.76 Å². The molecule has 0 heterocycles. The summed E-state index contributed by atoms with van der Waals surface area (Å²) in [7, 11) is 1.26. The fraction of sp³-hybridized carbons (Fsp3) is 1.00. The van der Waals surface area contributed by atoms with E-state index in [0.29, 0.717) is 11.0 Å². The first-order valence-electron chi connectivity index (χ1n) is 4.34. The van der Waals surface area contributed by atoms with Gasteiger partial charge in [-0.05, 0) is 0 Å². The van der Waals surface area contributed by atoms with Gasteiger partial charge in [0.1, 0.15) is 9.63 Å². The van der Waals surface area contributed by atoms with Crippen molar-refractivity contribution in [2.75, 3.05) is 45.7 Å². The Kier molecular flexibility index (Phi) is 4.20. The van der Waals surface area contributed by atoms with Crippen molar-refractivity contribution in [2.24, 2.45) is 5.73 Å². The van der Waals surface area contributed by atoms with Gasteiger partial charge in [0.05, 0.1) is 39.2 Å². The van der Waals surface area contributed by atoms with Gasteiger partial charge in [0, 0.05) is 6.54 Å². The van der Waals surface area contributed by atoms with Crippen LogP contribution in [0.15, 0.2) is 0 Å². The second kappa shape index (κ2) is 4.21. The molecule has 14 heavy (non-hydrogen) atoms. The third-order valence-corrected chi connectivity index (χ3v) is 4.22. The molecule has 0 amide bonds. The topological polar surface area (TPSA) is 92.8 Å². The zero-order valence-corrected chi connectivity index (χ0v) is 9.79. The van der Waals surface area contributed by atoms with Crippen molar-refractivity contribution in [2.45, 2.75) is 0 Å². The van der Waals surface area contributed by atoms with Crippen molar-refractivity contribution in [3.05, 3.63) is 0 Å². The van der Waals surface area contributed by atoms with E-state index in [4.69, 9.17) is 11.0 Å². The monoisotopic (exact) mass is 229 g/mol. The van der Waals surface area contributed by atoms with E-state index < -0.39 is 9.63 Å². The van der Waals surface area contributed by atoms with Crippen LogP contribution >= 0.6 is 0 Å². The number of rotatable bonds is 6. The van der Waals surface area contributed by atoms with E-state index in [-0.39, 0.29) is 18.1 Å². The second-order valence-corrected chi connectivity index (χ2v) is 7.70. The first kappa shape index (κ1) is 13.9. The Balaban J connectivity index is 4.49. The summed E-state index contributed by atoms with van der Waals surface area (Å²) in [6.45, 7) is 0.419. The van der Waals surface area contributed by atoms with Gasteiger partial charge in [-0.1, -0.05) is 0 Å². The van der Waals surface area contributed by atoms with E-state index in [1.807, 2.05) is 21.1 Å². The van der Waals surface area contributed by atoms with Crippen LogP contribution in [0.5, 0.6) is 0 Å². The second-order valence-electron chi connectivity index (χ2n) is 4.44. The summed E-state index contributed by atoms with van der Waals surface area (Å²) in [5, 5.41) is 8.50. The molecule has 4 N–H and O–H groups in total. The van der Waals surface area contributed by atoms with Crippen molar-refractivity contribution in [1.29, 1.82) is 0 Å². The number of hydrogen-bond donors (Lipinski definition) is 3. The van der Waals surface area contributed by atoms with Crippen LogP contribution in [-0.4, -0.2) is 64.2 Å². The lowest BCUT2D eigenvalue weighted by Crippen LogP contribution is -2.50. The smallest absolute Gasteiger partial charge is 0.120 e. The molecule has 0 aliphatic heterocycles. The van der Waals surface area contributed by atoms with Crippen LogP contribution in [0.4, 0.5) is 0 Å². The minimum absolute atomic E-state index is 0.000427. The number of nitrogens with zero attached hydrogens (tertiary/aromatic N) is 1. The summed E-state index contributed by atoms with van der Waals surface area (Å²) in [6, 6.07) is 0. The predicted octanol–water partition coefficient (Wildman–Crippen LogP) is -0.651. The highest BCUT2D eigenvalue weighted by molar-refractivity contribution is 8.10. The molecule has 0 rings (SSSR count). The third-order valence-electron chi connectivity index (χ3n) is 1.85. The van der Waals surface area contributed by atoms with Gasteiger partial charge in [-0.25, -0.2) is 9.47 Å². The van der Waals surface area contributed by atoms with Crippen LogP contribution < -0.4 is 5.73 Å². The first-order chi connectivity index (χ1) is 6.11. The Morgan fingerprint density at radius 3 is 2.14 bits per heavy atom. The quantitative estimate of drug-likeness (QED) is 0.320. The summed E-state index contributed by atoms with van der Waals surface area (Å²) in [4.78, 5) is 0. The Morgan fingerprint density at radius 2 is 1.86 bits per heavy atom. The van der Waals surface area contributed by atoms with Gasteiger partial charge in [-0.15, -0.1) is 4.33 Å². The molecule has 0 atom stereocenters. The average Bonchev–Trinajstić information content (AvgIpc) is 2.01. The van der Waals surface area contributed by atoms with Crippen LogP contribution in [0.1, 0.15) is 0 Å². The van der Waals surface area contributed by atoms with Crippen LogP contribution in [0, 0.1) is 0 Å². The molecule has 0 aliphatic rings. The molecule has 88 valence electrons. The molecule has 0 radical (unpaired) electrons. The van der Waals surface area contributed by atoms with Gasteiger partial charge < -0.3 is 14.8 Å². The Labute approximate surface area is 84.6 Å². The largest absolute Gasteiger partial charge is 0.330 e. The molecule has 0 aromatic heterocycles. The highest BCUT2D eigenvalue weighted by Crippen LogP contribution is 2.21. The van der Waals surface area contributed by atoms with E-state index in [1.54, 1.807) is 0 Å². The molecular formula is C7H21N2O4S+. The Morgan fingerprint density at radius 1 is 1.36 bits per heavy atom. The van der Waals surface area contributed by atoms with Crippen LogP contribution in [0.25, 0.3) is 0 Å². The average molecular weight is 229 g/mol. The van der Waals surface area contributed by atoms with E-state index >= 15 is 0 Å². The van der Waals surface area contributed by atoms with Gasteiger partial charge >= 0.3 is 0 Å². The van der Waals surface area contributed by atoms with Crippen molar-refractivity contribution >= 4 is 9.63 Å². The minimum atomic E-state index is -4.38. The number of hydrogen-bond acceptors (Lipinski definition) is 4. The molecule has 0 aliphatic carbocycles. The summed E-state index contributed by atoms with van der Waals surface area (Å²) in [5.74, 6) is -0.359. The third kappa shape index (κ3) is 4.99. The highest BCUT2D eigenvalue weighted by Gasteiger charge is 2.36. The van der Waals surface area contributed by atoms with Gasteiger partial charge in [-0.3, -0.25) is 0 Å². The molecule has 6 nitrogen and oxygen atoms in total. The maximum absolute atomic E-state index is 11.8. The minimum Gasteiger partial charge on any atom is -0.330 e. The standard InChI is InChI=1S/C7H20N2O4S/c1-9(2,3)5-7-14(11,12,13-10)6-4-8/h4-8H2,1-3H3,(H-,10,11,12)/p+1. The van der Waals surface area contributed by atoms with E-state index in [2.05, 4.69) is 4.33 Å². The predicted molar refractivity (Wildman–Crippen MR) is 56.2 cm³/mol. The van der Waals surface area contributed by atoms with E-state index in [0.717, 1.165) is 0 Å². The van der Waals surface area contributed by atoms with Crippen LogP contribution in [-0.2, 0) is 14.0 Å². The van der Waals surface area contributed by atoms with Gasteiger partial charge in [0.15, 0.2) is 0 Å². The molecule has 0 fully saturated rings. The van der Waals surface area contributed by atoms with Crippen LogP contribution in [0.3, 0.4) is 0 Å². The molecule has 0 bridgehead atoms. The zero-order chi connectivity index (χ0) is 11.5. The zero-order valence-electron chi connectivity index (χ0n) is 8.97. The highest BCUT2D eigenvalue weighted by atomic mass is 32.3.